The fraction of sp³-hybridized carbons (Fsp3) is 0.286. The van der Waals surface area contributed by atoms with Crippen molar-refractivity contribution in [1.29, 1.82) is 0 Å². The number of primary sulfonamides is 1. The van der Waals surface area contributed by atoms with Crippen LogP contribution in [-0.2, 0) is 10.0 Å². The first-order chi connectivity index (χ1) is 8.42. The van der Waals surface area contributed by atoms with Crippen LogP contribution < -0.4 is 9.88 Å². The molecule has 0 unspecified atom stereocenters. The second-order valence-corrected chi connectivity index (χ2v) is 4.76. The van der Waals surface area contributed by atoms with Gasteiger partial charge in [-0.2, -0.15) is 0 Å². The third-order valence-corrected chi connectivity index (χ3v) is 2.69. The van der Waals surface area contributed by atoms with Gasteiger partial charge >= 0.3 is 12.2 Å². The number of halogens is 3. The average molecular weight is 301 g/mol. The Bertz CT molecular complexity index is 628. The molecule has 106 valence electrons. The van der Waals surface area contributed by atoms with Crippen LogP contribution in [-0.4, -0.2) is 24.7 Å². The van der Waals surface area contributed by atoms with Crippen molar-refractivity contribution >= 4 is 15.8 Å². The molecule has 8 nitrogen and oxygen atoms in total. The molecule has 1 rings (SSSR count). The van der Waals surface area contributed by atoms with Gasteiger partial charge in [-0.15, -0.1) is 13.2 Å². The lowest BCUT2D eigenvalue weighted by Gasteiger charge is -2.11. The lowest BCUT2D eigenvalue weighted by Crippen LogP contribution is -2.22. The fourth-order valence-corrected chi connectivity index (χ4v) is 1.96. The third kappa shape index (κ3) is 3.75. The SMILES string of the molecule is Cc1cc(OC(F)(F)F)c(S(N)(=O)=O)c([N+](=O)[O-])n1. The zero-order valence-electron chi connectivity index (χ0n) is 9.13. The number of sulfonamides is 1. The number of alkyl halides is 3. The predicted octanol–water partition coefficient (Wildman–Crippen LogP) is 0.844. The van der Waals surface area contributed by atoms with E-state index < -0.39 is 37.8 Å². The first kappa shape index (κ1) is 15.1. The summed E-state index contributed by atoms with van der Waals surface area (Å²) in [4.78, 5) is 11.2. The number of ether oxygens (including phenoxy) is 1. The number of hydrogen-bond donors (Lipinski definition) is 1. The van der Waals surface area contributed by atoms with E-state index in [9.17, 15) is 31.7 Å². The highest BCUT2D eigenvalue weighted by atomic mass is 32.2. The van der Waals surface area contributed by atoms with Gasteiger partial charge in [-0.1, -0.05) is 0 Å². The van der Waals surface area contributed by atoms with Crippen LogP contribution in [0, 0.1) is 17.0 Å². The smallest absolute Gasteiger partial charge is 0.404 e. The molecule has 0 atom stereocenters. The van der Waals surface area contributed by atoms with Crippen molar-refractivity contribution in [1.82, 2.24) is 4.98 Å². The van der Waals surface area contributed by atoms with Crippen molar-refractivity contribution < 1.29 is 31.2 Å². The summed E-state index contributed by atoms with van der Waals surface area (Å²) in [5.41, 5.74) is -0.238. The Hall–Kier alpha value is -1.95. The number of nitrogens with zero attached hydrogens (tertiary/aromatic N) is 2. The molecule has 1 aromatic rings. The topological polar surface area (TPSA) is 125 Å². The van der Waals surface area contributed by atoms with Gasteiger partial charge in [0.15, 0.2) is 11.4 Å². The molecular formula is C7H6F3N3O5S. The molecule has 12 heteroatoms. The van der Waals surface area contributed by atoms with Gasteiger partial charge in [-0.25, -0.2) is 13.6 Å². The highest BCUT2D eigenvalue weighted by Crippen LogP contribution is 2.34. The summed E-state index contributed by atoms with van der Waals surface area (Å²) in [5.74, 6) is -2.63. The van der Waals surface area contributed by atoms with Gasteiger partial charge in [-0.05, 0) is 9.91 Å². The Balaban J connectivity index is 3.66. The van der Waals surface area contributed by atoms with Crippen LogP contribution in [0.3, 0.4) is 0 Å². The molecule has 1 heterocycles. The monoisotopic (exact) mass is 301 g/mol. The molecule has 0 aromatic carbocycles. The molecule has 19 heavy (non-hydrogen) atoms. The molecule has 0 spiro atoms. The lowest BCUT2D eigenvalue weighted by atomic mass is 10.3. The van der Waals surface area contributed by atoms with Gasteiger partial charge in [0.25, 0.3) is 0 Å². The van der Waals surface area contributed by atoms with E-state index in [0.717, 1.165) is 6.92 Å². The third-order valence-electron chi connectivity index (χ3n) is 1.73. The maximum Gasteiger partial charge on any atom is 0.573 e. The van der Waals surface area contributed by atoms with Crippen LogP contribution in [0.2, 0.25) is 0 Å². The zero-order chi connectivity index (χ0) is 15.0. The first-order valence-electron chi connectivity index (χ1n) is 4.36. The number of aromatic nitrogens is 1. The summed E-state index contributed by atoms with van der Waals surface area (Å²) in [6, 6.07) is 0.584. The van der Waals surface area contributed by atoms with Crippen molar-refractivity contribution in [3.05, 3.63) is 21.9 Å². The Morgan fingerprint density at radius 1 is 1.47 bits per heavy atom. The minimum absolute atomic E-state index is 0.238. The van der Waals surface area contributed by atoms with Crippen LogP contribution in [0.25, 0.3) is 0 Å². The van der Waals surface area contributed by atoms with E-state index in [0.29, 0.717) is 6.07 Å². The number of rotatable bonds is 3. The second-order valence-electron chi connectivity index (χ2n) is 3.26. The number of nitro groups is 1. The van der Waals surface area contributed by atoms with Gasteiger partial charge in [0, 0.05) is 13.0 Å². The van der Waals surface area contributed by atoms with Crippen LogP contribution in [0.1, 0.15) is 5.69 Å². The van der Waals surface area contributed by atoms with E-state index >= 15 is 0 Å². The molecule has 0 aliphatic rings. The summed E-state index contributed by atoms with van der Waals surface area (Å²) in [6.07, 6.45) is -5.24. The van der Waals surface area contributed by atoms with E-state index in [1.165, 1.54) is 0 Å². The van der Waals surface area contributed by atoms with Gasteiger partial charge in [0.05, 0.1) is 0 Å². The molecule has 0 aliphatic carbocycles. The van der Waals surface area contributed by atoms with E-state index in [1.54, 1.807) is 0 Å². The van der Waals surface area contributed by atoms with E-state index in [4.69, 9.17) is 0 Å². The maximum atomic E-state index is 12.1. The number of aryl methyl sites for hydroxylation is 1. The largest absolute Gasteiger partial charge is 0.573 e. The quantitative estimate of drug-likeness (QED) is 0.651. The molecule has 0 radical (unpaired) electrons. The summed E-state index contributed by atoms with van der Waals surface area (Å²) >= 11 is 0. The Labute approximate surface area is 104 Å². The maximum absolute atomic E-state index is 12.1. The second kappa shape index (κ2) is 4.62. The molecule has 0 saturated carbocycles. The molecular weight excluding hydrogens is 295 g/mol. The summed E-state index contributed by atoms with van der Waals surface area (Å²) in [5, 5.41) is 15.3. The molecule has 1 aromatic heterocycles. The Morgan fingerprint density at radius 2 is 2.00 bits per heavy atom. The van der Waals surface area contributed by atoms with Gasteiger partial charge in [-0.3, -0.25) is 0 Å². The van der Waals surface area contributed by atoms with Crippen LogP contribution >= 0.6 is 0 Å². The molecule has 0 amide bonds. The number of pyridine rings is 1. The summed E-state index contributed by atoms with van der Waals surface area (Å²) in [7, 11) is -4.83. The molecule has 0 aliphatic heterocycles. The highest BCUT2D eigenvalue weighted by molar-refractivity contribution is 7.89. The normalized spacial score (nSPS) is 12.3. The molecule has 0 fully saturated rings. The van der Waals surface area contributed by atoms with Crippen LogP contribution in [0.15, 0.2) is 11.0 Å². The minimum Gasteiger partial charge on any atom is -0.404 e. The van der Waals surface area contributed by atoms with E-state index in [1.807, 2.05) is 0 Å². The van der Waals surface area contributed by atoms with E-state index in [-0.39, 0.29) is 5.69 Å². The standard InChI is InChI=1S/C7H6F3N3O5S/c1-3-2-4(18-7(8,9)10)5(19(11,16)17)6(12-3)13(14)15/h2H,1H3,(H2,11,16,17). The summed E-state index contributed by atoms with van der Waals surface area (Å²) in [6.45, 7) is 1.13. The number of nitrogens with two attached hydrogens (primary N) is 1. The minimum atomic E-state index is -5.24. The fourth-order valence-electron chi connectivity index (χ4n) is 1.21. The predicted molar refractivity (Wildman–Crippen MR) is 53.7 cm³/mol. The van der Waals surface area contributed by atoms with Gasteiger partial charge in [0.2, 0.25) is 14.9 Å². The van der Waals surface area contributed by atoms with Crippen LogP contribution in [0.4, 0.5) is 19.0 Å². The molecule has 0 saturated heterocycles. The molecule has 0 bridgehead atoms. The van der Waals surface area contributed by atoms with Gasteiger partial charge in [0.1, 0.15) is 0 Å². The van der Waals surface area contributed by atoms with Gasteiger partial charge < -0.3 is 14.9 Å². The van der Waals surface area contributed by atoms with E-state index in [2.05, 4.69) is 14.9 Å². The Kier molecular flexibility index (Phi) is 3.67. The summed E-state index contributed by atoms with van der Waals surface area (Å²) < 4.78 is 62.1. The van der Waals surface area contributed by atoms with Crippen LogP contribution in [0.5, 0.6) is 5.75 Å². The van der Waals surface area contributed by atoms with Crippen molar-refractivity contribution in [2.24, 2.45) is 5.14 Å². The first-order valence-corrected chi connectivity index (χ1v) is 5.91. The zero-order valence-corrected chi connectivity index (χ0v) is 9.95. The van der Waals surface area contributed by atoms with Crippen molar-refractivity contribution in [2.75, 3.05) is 0 Å². The Morgan fingerprint density at radius 3 is 2.37 bits per heavy atom. The van der Waals surface area contributed by atoms with Crippen molar-refractivity contribution in [2.45, 2.75) is 18.2 Å². The molecule has 2 N–H and O–H groups in total. The highest BCUT2D eigenvalue weighted by Gasteiger charge is 2.38. The van der Waals surface area contributed by atoms with Crippen molar-refractivity contribution in [3.63, 3.8) is 0 Å². The number of hydrogen-bond acceptors (Lipinski definition) is 6. The lowest BCUT2D eigenvalue weighted by molar-refractivity contribution is -0.393. The average Bonchev–Trinajstić information content (AvgIpc) is 2.10. The van der Waals surface area contributed by atoms with Crippen molar-refractivity contribution in [3.8, 4) is 5.75 Å².